The molecule has 0 bridgehead atoms. The van der Waals surface area contributed by atoms with E-state index in [0.29, 0.717) is 0 Å². The zero-order chi connectivity index (χ0) is 8.72. The van der Waals surface area contributed by atoms with Crippen molar-refractivity contribution in [2.75, 3.05) is 0 Å². The summed E-state index contributed by atoms with van der Waals surface area (Å²) in [5.74, 6) is 1.21. The van der Waals surface area contributed by atoms with Gasteiger partial charge in [0.2, 0.25) is 5.82 Å². The lowest BCUT2D eigenvalue weighted by molar-refractivity contribution is -0.654. The van der Waals surface area contributed by atoms with Crippen LogP contribution in [-0.4, -0.2) is 9.55 Å². The van der Waals surface area contributed by atoms with Crippen molar-refractivity contribution < 1.29 is 4.57 Å². The van der Waals surface area contributed by atoms with Gasteiger partial charge in [-0.1, -0.05) is 0 Å². The first kappa shape index (κ1) is 7.28. The highest BCUT2D eigenvalue weighted by molar-refractivity contribution is 5.67. The summed E-state index contributed by atoms with van der Waals surface area (Å²) >= 11 is 0. The topological polar surface area (TPSA) is 21.7 Å². The molecule has 2 aromatic rings. The maximum absolute atomic E-state index is 4.30. The second-order valence-corrected chi connectivity index (χ2v) is 3.01. The second-order valence-electron chi connectivity index (χ2n) is 3.01. The van der Waals surface area contributed by atoms with Crippen LogP contribution in [0.4, 0.5) is 0 Å². The standard InChI is InChI=1S/C9H12N3/c1-7-11(2)8-5-4-6-10-9(8)12(7)3/h4-6H,1-3H3/q+1. The summed E-state index contributed by atoms with van der Waals surface area (Å²) in [5, 5.41) is 0. The molecule has 0 fully saturated rings. The third-order valence-electron chi connectivity index (χ3n) is 2.42. The number of aromatic nitrogens is 3. The van der Waals surface area contributed by atoms with E-state index in [1.54, 1.807) is 0 Å². The Morgan fingerprint density at radius 3 is 2.92 bits per heavy atom. The minimum Gasteiger partial charge on any atom is -0.260 e. The van der Waals surface area contributed by atoms with Gasteiger partial charge < -0.3 is 0 Å². The van der Waals surface area contributed by atoms with Crippen molar-refractivity contribution in [2.45, 2.75) is 6.92 Å². The number of hydrogen-bond donors (Lipinski definition) is 0. The zero-order valence-corrected chi connectivity index (χ0v) is 7.57. The van der Waals surface area contributed by atoms with Gasteiger partial charge in [0.25, 0.3) is 0 Å². The molecule has 0 amide bonds. The number of nitrogens with zero attached hydrogens (tertiary/aromatic N) is 3. The van der Waals surface area contributed by atoms with Crippen molar-refractivity contribution in [1.29, 1.82) is 0 Å². The molecular weight excluding hydrogens is 150 g/mol. The average Bonchev–Trinajstić information content (AvgIpc) is 2.33. The first-order valence-electron chi connectivity index (χ1n) is 3.98. The second kappa shape index (κ2) is 2.30. The van der Waals surface area contributed by atoms with Crippen LogP contribution in [0.5, 0.6) is 0 Å². The molecule has 0 saturated carbocycles. The van der Waals surface area contributed by atoms with Gasteiger partial charge in [-0.3, -0.25) is 4.57 Å². The fraction of sp³-hybridized carbons (Fsp3) is 0.333. The SMILES string of the molecule is Cc1n(C)c2cccnc2[n+]1C. The summed E-state index contributed by atoms with van der Waals surface area (Å²) in [6, 6.07) is 4.04. The van der Waals surface area contributed by atoms with E-state index in [-0.39, 0.29) is 0 Å². The van der Waals surface area contributed by atoms with Crippen molar-refractivity contribution in [1.82, 2.24) is 9.55 Å². The number of imidazole rings is 1. The Kier molecular flexibility index (Phi) is 1.40. The first-order chi connectivity index (χ1) is 5.72. The Bertz CT molecular complexity index is 390. The predicted octanol–water partition coefficient (Wildman–Crippen LogP) is 0.706. The highest BCUT2D eigenvalue weighted by Gasteiger charge is 2.14. The van der Waals surface area contributed by atoms with Gasteiger partial charge in [0.1, 0.15) is 6.20 Å². The van der Waals surface area contributed by atoms with E-state index in [1.807, 2.05) is 19.3 Å². The third kappa shape index (κ3) is 0.763. The number of fused-ring (bicyclic) bond motifs is 1. The Morgan fingerprint density at radius 2 is 2.25 bits per heavy atom. The normalized spacial score (nSPS) is 10.9. The molecule has 0 saturated heterocycles. The number of aryl methyl sites for hydroxylation is 2. The molecule has 0 unspecified atom stereocenters. The van der Waals surface area contributed by atoms with Crippen LogP contribution in [0.25, 0.3) is 11.2 Å². The minimum absolute atomic E-state index is 1.04. The molecule has 0 aliphatic carbocycles. The van der Waals surface area contributed by atoms with E-state index in [9.17, 15) is 0 Å². The highest BCUT2D eigenvalue weighted by Crippen LogP contribution is 2.07. The summed E-state index contributed by atoms with van der Waals surface area (Å²) in [7, 11) is 4.09. The van der Waals surface area contributed by atoms with E-state index < -0.39 is 0 Å². The number of hydrogen-bond acceptors (Lipinski definition) is 1. The van der Waals surface area contributed by atoms with Crippen LogP contribution in [0.2, 0.25) is 0 Å². The molecule has 2 heterocycles. The van der Waals surface area contributed by atoms with Gasteiger partial charge in [-0.05, 0) is 12.1 Å². The van der Waals surface area contributed by atoms with E-state index in [2.05, 4.69) is 34.2 Å². The predicted molar refractivity (Wildman–Crippen MR) is 46.6 cm³/mol. The molecule has 62 valence electrons. The molecule has 3 nitrogen and oxygen atoms in total. The molecule has 3 heteroatoms. The van der Waals surface area contributed by atoms with E-state index in [4.69, 9.17) is 0 Å². The molecule has 2 rings (SSSR count). The van der Waals surface area contributed by atoms with Crippen LogP contribution in [0.3, 0.4) is 0 Å². The maximum Gasteiger partial charge on any atom is 0.301 e. The third-order valence-corrected chi connectivity index (χ3v) is 2.42. The molecule has 0 atom stereocenters. The summed E-state index contributed by atoms with van der Waals surface area (Å²) in [6.07, 6.45) is 1.82. The molecule has 0 spiro atoms. The summed E-state index contributed by atoms with van der Waals surface area (Å²) < 4.78 is 4.23. The Labute approximate surface area is 71.3 Å². The summed E-state index contributed by atoms with van der Waals surface area (Å²) in [5.41, 5.74) is 2.22. The van der Waals surface area contributed by atoms with Crippen molar-refractivity contribution in [3.63, 3.8) is 0 Å². The van der Waals surface area contributed by atoms with Crippen LogP contribution in [-0.2, 0) is 14.1 Å². The Balaban J connectivity index is 2.99. The van der Waals surface area contributed by atoms with Gasteiger partial charge in [0.15, 0.2) is 5.52 Å². The van der Waals surface area contributed by atoms with Crippen molar-refractivity contribution in [3.05, 3.63) is 24.2 Å². The molecule has 12 heavy (non-hydrogen) atoms. The van der Waals surface area contributed by atoms with Crippen molar-refractivity contribution in [3.8, 4) is 0 Å². The molecule has 0 N–H and O–H groups in total. The molecule has 0 aromatic carbocycles. The van der Waals surface area contributed by atoms with Crippen LogP contribution < -0.4 is 4.57 Å². The lowest BCUT2D eigenvalue weighted by Gasteiger charge is -1.88. The van der Waals surface area contributed by atoms with Crippen LogP contribution in [0.1, 0.15) is 5.82 Å². The summed E-state index contributed by atoms with van der Waals surface area (Å²) in [6.45, 7) is 2.08. The molecular formula is C9H12N3+. The van der Waals surface area contributed by atoms with Gasteiger partial charge in [-0.15, -0.1) is 4.98 Å². The van der Waals surface area contributed by atoms with E-state index in [0.717, 1.165) is 5.65 Å². The van der Waals surface area contributed by atoms with E-state index >= 15 is 0 Å². The van der Waals surface area contributed by atoms with Gasteiger partial charge in [0.05, 0.1) is 14.1 Å². The minimum atomic E-state index is 1.04. The monoisotopic (exact) mass is 162 g/mol. The molecule has 0 aliphatic heterocycles. The number of rotatable bonds is 0. The van der Waals surface area contributed by atoms with Crippen molar-refractivity contribution >= 4 is 11.2 Å². The largest absolute Gasteiger partial charge is 0.301 e. The number of pyridine rings is 1. The Hall–Kier alpha value is -1.38. The zero-order valence-electron chi connectivity index (χ0n) is 7.57. The van der Waals surface area contributed by atoms with Crippen molar-refractivity contribution in [2.24, 2.45) is 14.1 Å². The maximum atomic E-state index is 4.30. The fourth-order valence-electron chi connectivity index (χ4n) is 1.46. The van der Waals surface area contributed by atoms with Gasteiger partial charge >= 0.3 is 5.65 Å². The van der Waals surface area contributed by atoms with Crippen LogP contribution in [0.15, 0.2) is 18.3 Å². The van der Waals surface area contributed by atoms with E-state index in [1.165, 1.54) is 11.3 Å². The van der Waals surface area contributed by atoms with Crippen LogP contribution >= 0.6 is 0 Å². The average molecular weight is 162 g/mol. The van der Waals surface area contributed by atoms with Gasteiger partial charge in [0, 0.05) is 6.92 Å². The van der Waals surface area contributed by atoms with Crippen LogP contribution in [0, 0.1) is 6.92 Å². The Morgan fingerprint density at radius 1 is 1.50 bits per heavy atom. The quantitative estimate of drug-likeness (QED) is 0.523. The molecule has 0 radical (unpaired) electrons. The molecule has 2 aromatic heterocycles. The first-order valence-corrected chi connectivity index (χ1v) is 3.98. The van der Waals surface area contributed by atoms with Gasteiger partial charge in [-0.25, -0.2) is 4.57 Å². The molecule has 0 aliphatic rings. The fourth-order valence-corrected chi connectivity index (χ4v) is 1.46. The lowest BCUT2D eigenvalue weighted by Crippen LogP contribution is -2.31. The lowest BCUT2D eigenvalue weighted by atomic mass is 10.4. The summed E-state index contributed by atoms with van der Waals surface area (Å²) in [4.78, 5) is 4.30. The highest BCUT2D eigenvalue weighted by atomic mass is 15.2. The smallest absolute Gasteiger partial charge is 0.260 e. The van der Waals surface area contributed by atoms with Gasteiger partial charge in [-0.2, -0.15) is 0 Å².